The summed E-state index contributed by atoms with van der Waals surface area (Å²) in [5.74, 6) is 0. The summed E-state index contributed by atoms with van der Waals surface area (Å²) < 4.78 is 30.5. The van der Waals surface area contributed by atoms with Gasteiger partial charge in [0.1, 0.15) is 0 Å². The topological polar surface area (TPSA) is 76.4 Å². The Labute approximate surface area is 183 Å². The predicted molar refractivity (Wildman–Crippen MR) is 123 cm³/mol. The third-order valence-electron chi connectivity index (χ3n) is 5.34. The number of benzene rings is 2. The van der Waals surface area contributed by atoms with Gasteiger partial charge >= 0.3 is 0 Å². The molecule has 0 amide bonds. The molecule has 0 atom stereocenters. The van der Waals surface area contributed by atoms with Crippen LogP contribution in [0.1, 0.15) is 28.9 Å². The second-order valence-corrected chi connectivity index (χ2v) is 9.54. The van der Waals surface area contributed by atoms with E-state index >= 15 is 0 Å². The quantitative estimate of drug-likeness (QED) is 0.442. The van der Waals surface area contributed by atoms with Crippen LogP contribution >= 0.6 is 0 Å². The minimum atomic E-state index is -3.63. The number of aromatic nitrogens is 3. The number of rotatable bonds is 7. The average Bonchev–Trinajstić information content (AvgIpc) is 3.16. The maximum absolute atomic E-state index is 13.0. The molecule has 0 spiro atoms. The maximum Gasteiger partial charge on any atom is 0.240 e. The second kappa shape index (κ2) is 8.61. The highest BCUT2D eigenvalue weighted by molar-refractivity contribution is 7.89. The first-order valence-electron chi connectivity index (χ1n) is 10.3. The monoisotopic (exact) mass is 434 g/mol. The predicted octanol–water partition coefficient (Wildman–Crippen LogP) is 4.23. The van der Waals surface area contributed by atoms with Gasteiger partial charge in [-0.05, 0) is 62.4 Å². The number of nitrogens with one attached hydrogen (secondary N) is 1. The zero-order chi connectivity index (χ0) is 22.0. The molecule has 31 heavy (non-hydrogen) atoms. The van der Waals surface area contributed by atoms with E-state index in [-0.39, 0.29) is 4.90 Å². The molecule has 160 valence electrons. The molecule has 0 fully saturated rings. The Morgan fingerprint density at radius 3 is 2.55 bits per heavy atom. The van der Waals surface area contributed by atoms with Crippen LogP contribution in [0.4, 0.5) is 0 Å². The first kappa shape index (κ1) is 21.2. The zero-order valence-corrected chi connectivity index (χ0v) is 18.8. The van der Waals surface area contributed by atoms with E-state index in [2.05, 4.69) is 26.9 Å². The first-order chi connectivity index (χ1) is 14.8. The Morgan fingerprint density at radius 2 is 1.77 bits per heavy atom. The Bertz CT molecular complexity index is 1330. The van der Waals surface area contributed by atoms with Crippen molar-refractivity contribution in [3.63, 3.8) is 0 Å². The molecule has 4 rings (SSSR count). The molecule has 2 aromatic carbocycles. The molecule has 7 heteroatoms. The molecule has 2 aromatic heterocycles. The van der Waals surface area contributed by atoms with Crippen molar-refractivity contribution in [3.05, 3.63) is 83.3 Å². The molecule has 4 aromatic rings. The summed E-state index contributed by atoms with van der Waals surface area (Å²) in [6.07, 6.45) is 3.30. The molecule has 0 unspecified atom stereocenters. The molecular weight excluding hydrogens is 408 g/mol. The van der Waals surface area contributed by atoms with Crippen LogP contribution in [-0.2, 0) is 16.4 Å². The molecule has 6 nitrogen and oxygen atoms in total. The SMILES string of the molecule is Cc1cc(C)n2ncc(-c3ccc(C)c(S(=O)(=O)NCCCc4ccccc4)c3)c2n1. The lowest BCUT2D eigenvalue weighted by Crippen LogP contribution is -2.25. The molecule has 0 aliphatic heterocycles. The highest BCUT2D eigenvalue weighted by Gasteiger charge is 2.19. The molecule has 0 saturated heterocycles. The fourth-order valence-electron chi connectivity index (χ4n) is 3.75. The molecule has 1 N–H and O–H groups in total. The van der Waals surface area contributed by atoms with Crippen LogP contribution in [0.25, 0.3) is 16.8 Å². The van der Waals surface area contributed by atoms with Crippen molar-refractivity contribution in [2.24, 2.45) is 0 Å². The summed E-state index contributed by atoms with van der Waals surface area (Å²) in [5, 5.41) is 4.43. The lowest BCUT2D eigenvalue weighted by molar-refractivity contribution is 0.578. The van der Waals surface area contributed by atoms with Gasteiger partial charge in [0, 0.05) is 23.5 Å². The molecule has 0 aliphatic rings. The van der Waals surface area contributed by atoms with Gasteiger partial charge in [-0.25, -0.2) is 22.6 Å². The van der Waals surface area contributed by atoms with Crippen molar-refractivity contribution in [2.75, 3.05) is 6.54 Å². The van der Waals surface area contributed by atoms with Crippen LogP contribution in [0.3, 0.4) is 0 Å². The standard InChI is InChI=1S/C24H26N4O2S/c1-17-11-12-21(22-16-25-28-19(3)14-18(2)27-24(22)28)15-23(17)31(29,30)26-13-7-10-20-8-5-4-6-9-20/h4-6,8-9,11-12,14-16,26H,7,10,13H2,1-3H3. The number of aryl methyl sites for hydroxylation is 4. The smallest absolute Gasteiger partial charge is 0.233 e. The Balaban J connectivity index is 1.57. The highest BCUT2D eigenvalue weighted by atomic mass is 32.2. The molecule has 0 radical (unpaired) electrons. The normalized spacial score (nSPS) is 11.8. The van der Waals surface area contributed by atoms with E-state index in [9.17, 15) is 8.42 Å². The number of hydrogen-bond acceptors (Lipinski definition) is 4. The van der Waals surface area contributed by atoms with E-state index in [0.717, 1.165) is 41.0 Å². The van der Waals surface area contributed by atoms with Gasteiger partial charge in [-0.15, -0.1) is 0 Å². The first-order valence-corrected chi connectivity index (χ1v) is 11.8. The van der Waals surface area contributed by atoms with E-state index in [1.807, 2.05) is 57.2 Å². The molecule has 0 bridgehead atoms. The lowest BCUT2D eigenvalue weighted by Gasteiger charge is -2.11. The van der Waals surface area contributed by atoms with E-state index in [0.29, 0.717) is 12.1 Å². The van der Waals surface area contributed by atoms with Crippen LogP contribution in [0.15, 0.2) is 65.7 Å². The summed E-state index contributed by atoms with van der Waals surface area (Å²) in [4.78, 5) is 4.90. The molecule has 0 saturated carbocycles. The molecule has 0 aliphatic carbocycles. The van der Waals surface area contributed by atoms with E-state index in [1.165, 1.54) is 5.56 Å². The summed E-state index contributed by atoms with van der Waals surface area (Å²) in [6.45, 7) is 6.11. The third-order valence-corrected chi connectivity index (χ3v) is 6.95. The zero-order valence-electron chi connectivity index (χ0n) is 18.0. The summed E-state index contributed by atoms with van der Waals surface area (Å²) in [5.41, 5.74) is 6.10. The Morgan fingerprint density at radius 1 is 1.00 bits per heavy atom. The van der Waals surface area contributed by atoms with Crippen molar-refractivity contribution < 1.29 is 8.42 Å². The Kier molecular flexibility index (Phi) is 5.89. The highest BCUT2D eigenvalue weighted by Crippen LogP contribution is 2.28. The van der Waals surface area contributed by atoms with Crippen molar-refractivity contribution in [2.45, 2.75) is 38.5 Å². The fraction of sp³-hybridized carbons (Fsp3) is 0.250. The summed E-state index contributed by atoms with van der Waals surface area (Å²) in [6, 6.07) is 17.5. The fourth-order valence-corrected chi connectivity index (χ4v) is 5.10. The third kappa shape index (κ3) is 4.52. The van der Waals surface area contributed by atoms with Gasteiger partial charge in [-0.3, -0.25) is 0 Å². The molecule has 2 heterocycles. The lowest BCUT2D eigenvalue weighted by atomic mass is 10.1. The van der Waals surface area contributed by atoms with E-state index < -0.39 is 10.0 Å². The van der Waals surface area contributed by atoms with Crippen LogP contribution in [0.2, 0.25) is 0 Å². The largest absolute Gasteiger partial charge is 0.240 e. The summed E-state index contributed by atoms with van der Waals surface area (Å²) >= 11 is 0. The molecular formula is C24H26N4O2S. The van der Waals surface area contributed by atoms with Crippen LogP contribution in [0.5, 0.6) is 0 Å². The van der Waals surface area contributed by atoms with Gasteiger partial charge in [0.05, 0.1) is 11.1 Å². The minimum absolute atomic E-state index is 0.286. The van der Waals surface area contributed by atoms with Crippen molar-refractivity contribution in [1.82, 2.24) is 19.3 Å². The number of fused-ring (bicyclic) bond motifs is 1. The van der Waals surface area contributed by atoms with Gasteiger partial charge in [-0.1, -0.05) is 42.5 Å². The van der Waals surface area contributed by atoms with Crippen LogP contribution < -0.4 is 4.72 Å². The summed E-state index contributed by atoms with van der Waals surface area (Å²) in [7, 11) is -3.63. The van der Waals surface area contributed by atoms with Crippen LogP contribution in [0, 0.1) is 20.8 Å². The van der Waals surface area contributed by atoms with Crippen LogP contribution in [-0.4, -0.2) is 29.6 Å². The van der Waals surface area contributed by atoms with Gasteiger partial charge in [0.15, 0.2) is 5.65 Å². The van der Waals surface area contributed by atoms with E-state index in [4.69, 9.17) is 0 Å². The van der Waals surface area contributed by atoms with Gasteiger partial charge in [0.25, 0.3) is 0 Å². The van der Waals surface area contributed by atoms with Gasteiger partial charge in [0.2, 0.25) is 10.0 Å². The maximum atomic E-state index is 13.0. The van der Waals surface area contributed by atoms with Crippen molar-refractivity contribution >= 4 is 15.7 Å². The minimum Gasteiger partial charge on any atom is -0.233 e. The number of nitrogens with zero attached hydrogens (tertiary/aromatic N) is 3. The Hall–Kier alpha value is -3.03. The van der Waals surface area contributed by atoms with Gasteiger partial charge < -0.3 is 0 Å². The van der Waals surface area contributed by atoms with E-state index in [1.54, 1.807) is 16.8 Å². The van der Waals surface area contributed by atoms with Gasteiger partial charge in [-0.2, -0.15) is 5.10 Å². The number of sulfonamides is 1. The number of hydrogen-bond donors (Lipinski definition) is 1. The van der Waals surface area contributed by atoms with Crippen molar-refractivity contribution in [1.29, 1.82) is 0 Å². The van der Waals surface area contributed by atoms with Crippen molar-refractivity contribution in [3.8, 4) is 11.1 Å². The average molecular weight is 435 g/mol. The second-order valence-electron chi connectivity index (χ2n) is 7.80.